The summed E-state index contributed by atoms with van der Waals surface area (Å²) in [5.74, 6) is -0.0895. The lowest BCUT2D eigenvalue weighted by atomic mass is 9.73. The Hall–Kier alpha value is -2.99. The molecule has 1 aromatic heterocycles. The molecular weight excluding hydrogens is 390 g/mol. The van der Waals surface area contributed by atoms with Gasteiger partial charge in [-0.05, 0) is 53.7 Å². The van der Waals surface area contributed by atoms with Crippen LogP contribution < -0.4 is 0 Å². The fraction of sp³-hybridized carbons (Fsp3) is 0.400. The van der Waals surface area contributed by atoms with E-state index in [1.54, 1.807) is 22.2 Å². The molecule has 3 aliphatic rings. The summed E-state index contributed by atoms with van der Waals surface area (Å²) < 4.78 is 0. The van der Waals surface area contributed by atoms with Gasteiger partial charge in [0, 0.05) is 24.9 Å². The standard InChI is InChI=1S/C25H27N3O3/c29-16-22-25(20-7-5-19(6-8-20)18-3-1-2-4-18)21-14-27(15-24(31)28(21)22)23(30)13-17-9-11-26-12-10-17/h3,5-12,21-22,25,29H,1-2,4,13-16H2/t21-,22+,25+/m1/s1. The zero-order valence-corrected chi connectivity index (χ0v) is 17.5. The molecule has 0 bridgehead atoms. The van der Waals surface area contributed by atoms with E-state index in [1.165, 1.54) is 17.6 Å². The van der Waals surface area contributed by atoms with Gasteiger partial charge in [-0.2, -0.15) is 0 Å². The lowest BCUT2D eigenvalue weighted by molar-refractivity contribution is -0.166. The van der Waals surface area contributed by atoms with E-state index < -0.39 is 0 Å². The number of benzene rings is 1. The van der Waals surface area contributed by atoms with E-state index in [1.807, 2.05) is 12.1 Å². The summed E-state index contributed by atoms with van der Waals surface area (Å²) in [7, 11) is 0. The number of carbonyl (C=O) groups is 2. The molecule has 2 amide bonds. The molecule has 160 valence electrons. The van der Waals surface area contributed by atoms with Gasteiger partial charge in [0.1, 0.15) is 0 Å². The van der Waals surface area contributed by atoms with Crippen molar-refractivity contribution in [2.45, 2.75) is 43.7 Å². The summed E-state index contributed by atoms with van der Waals surface area (Å²) in [4.78, 5) is 33.1. The van der Waals surface area contributed by atoms with Crippen LogP contribution in [0.1, 0.15) is 41.9 Å². The first-order valence-electron chi connectivity index (χ1n) is 11.0. The lowest BCUT2D eigenvalue weighted by Gasteiger charge is -2.58. The Morgan fingerprint density at radius 2 is 1.90 bits per heavy atom. The molecule has 2 fully saturated rings. The highest BCUT2D eigenvalue weighted by Gasteiger charge is 2.54. The Labute approximate surface area is 182 Å². The molecule has 1 N–H and O–H groups in total. The molecule has 0 saturated carbocycles. The van der Waals surface area contributed by atoms with E-state index in [-0.39, 0.29) is 49.4 Å². The van der Waals surface area contributed by atoms with Gasteiger partial charge in [-0.3, -0.25) is 14.6 Å². The quantitative estimate of drug-likeness (QED) is 0.811. The van der Waals surface area contributed by atoms with E-state index in [9.17, 15) is 14.7 Å². The predicted molar refractivity (Wildman–Crippen MR) is 117 cm³/mol. The third-order valence-electron chi connectivity index (χ3n) is 6.92. The second-order valence-corrected chi connectivity index (χ2v) is 8.69. The van der Waals surface area contributed by atoms with Crippen LogP contribution in [0.5, 0.6) is 0 Å². The molecule has 1 aliphatic carbocycles. The highest BCUT2D eigenvalue weighted by molar-refractivity contribution is 5.88. The number of aromatic nitrogens is 1. The van der Waals surface area contributed by atoms with Crippen molar-refractivity contribution in [3.05, 3.63) is 71.6 Å². The van der Waals surface area contributed by atoms with Crippen molar-refractivity contribution in [3.8, 4) is 0 Å². The topological polar surface area (TPSA) is 73.7 Å². The maximum absolute atomic E-state index is 12.9. The molecule has 0 unspecified atom stereocenters. The van der Waals surface area contributed by atoms with Crippen LogP contribution in [0.15, 0.2) is 54.9 Å². The van der Waals surface area contributed by atoms with E-state index in [4.69, 9.17) is 0 Å². The van der Waals surface area contributed by atoms with Crippen molar-refractivity contribution >= 4 is 17.4 Å². The monoisotopic (exact) mass is 417 g/mol. The number of fused-ring (bicyclic) bond motifs is 1. The third kappa shape index (κ3) is 3.65. The normalized spacial score (nSPS) is 25.1. The van der Waals surface area contributed by atoms with Gasteiger partial charge in [0.25, 0.3) is 0 Å². The van der Waals surface area contributed by atoms with Crippen molar-refractivity contribution in [2.75, 3.05) is 19.7 Å². The molecule has 0 spiro atoms. The van der Waals surface area contributed by atoms with Crippen molar-refractivity contribution in [2.24, 2.45) is 0 Å². The summed E-state index contributed by atoms with van der Waals surface area (Å²) >= 11 is 0. The lowest BCUT2D eigenvalue weighted by Crippen LogP contribution is -2.73. The Morgan fingerprint density at radius 1 is 1.13 bits per heavy atom. The van der Waals surface area contributed by atoms with Crippen LogP contribution >= 0.6 is 0 Å². The van der Waals surface area contributed by atoms with Crippen LogP contribution in [0.4, 0.5) is 0 Å². The average molecular weight is 418 g/mol. The molecule has 2 aromatic rings. The molecule has 5 rings (SSSR count). The Morgan fingerprint density at radius 3 is 2.58 bits per heavy atom. The van der Waals surface area contributed by atoms with Crippen molar-refractivity contribution in [1.82, 2.24) is 14.8 Å². The third-order valence-corrected chi connectivity index (χ3v) is 6.92. The second-order valence-electron chi connectivity index (χ2n) is 8.69. The molecule has 1 aromatic carbocycles. The SMILES string of the molecule is O=C(Cc1ccncc1)N1CC(=O)N2[C@H](C1)[C@H](c1ccc(C3=CCCC3)cc1)[C@@H]2CO. The van der Waals surface area contributed by atoms with Crippen LogP contribution in [-0.2, 0) is 16.0 Å². The first kappa shape index (κ1) is 19.9. The van der Waals surface area contributed by atoms with Gasteiger partial charge < -0.3 is 14.9 Å². The number of aliphatic hydroxyl groups is 1. The Bertz CT molecular complexity index is 1000. The predicted octanol–water partition coefficient (Wildman–Crippen LogP) is 2.39. The highest BCUT2D eigenvalue weighted by atomic mass is 16.3. The van der Waals surface area contributed by atoms with Crippen LogP contribution in [0.25, 0.3) is 5.57 Å². The number of rotatable bonds is 5. The maximum Gasteiger partial charge on any atom is 0.242 e. The van der Waals surface area contributed by atoms with Crippen LogP contribution in [0, 0.1) is 0 Å². The summed E-state index contributed by atoms with van der Waals surface area (Å²) in [5.41, 5.74) is 4.68. The molecule has 0 radical (unpaired) electrons. The number of piperazine rings is 1. The Kier molecular flexibility index (Phi) is 5.32. The number of pyridine rings is 1. The highest BCUT2D eigenvalue weighted by Crippen LogP contribution is 2.43. The molecule has 2 saturated heterocycles. The average Bonchev–Trinajstić information content (AvgIpc) is 3.31. The number of amides is 2. The minimum absolute atomic E-state index is 0.0390. The minimum atomic E-state index is -0.216. The van der Waals surface area contributed by atoms with E-state index in [0.717, 1.165) is 24.0 Å². The Balaban J connectivity index is 1.33. The largest absolute Gasteiger partial charge is 0.394 e. The molecular formula is C25H27N3O3. The van der Waals surface area contributed by atoms with Crippen molar-refractivity contribution in [1.29, 1.82) is 0 Å². The molecule has 2 aliphatic heterocycles. The van der Waals surface area contributed by atoms with Gasteiger partial charge in [-0.15, -0.1) is 0 Å². The van der Waals surface area contributed by atoms with E-state index in [2.05, 4.69) is 35.3 Å². The van der Waals surface area contributed by atoms with Gasteiger partial charge in [0.05, 0.1) is 31.7 Å². The second kappa shape index (κ2) is 8.27. The van der Waals surface area contributed by atoms with Gasteiger partial charge in [-0.1, -0.05) is 30.3 Å². The fourth-order valence-corrected chi connectivity index (χ4v) is 5.33. The summed E-state index contributed by atoms with van der Waals surface area (Å²) in [6, 6.07) is 11.9. The molecule has 31 heavy (non-hydrogen) atoms. The maximum atomic E-state index is 12.9. The molecule has 6 nitrogen and oxygen atoms in total. The van der Waals surface area contributed by atoms with Crippen LogP contribution in [-0.4, -0.2) is 63.5 Å². The number of hydrogen-bond donors (Lipinski definition) is 1. The number of nitrogens with zero attached hydrogens (tertiary/aromatic N) is 3. The minimum Gasteiger partial charge on any atom is -0.394 e. The molecule has 3 atom stereocenters. The van der Waals surface area contributed by atoms with Crippen molar-refractivity contribution in [3.63, 3.8) is 0 Å². The number of aliphatic hydroxyl groups excluding tert-OH is 1. The molecule has 3 heterocycles. The first-order valence-corrected chi connectivity index (χ1v) is 11.0. The van der Waals surface area contributed by atoms with Gasteiger partial charge in [0.2, 0.25) is 11.8 Å². The first-order chi connectivity index (χ1) is 15.2. The fourth-order valence-electron chi connectivity index (χ4n) is 5.33. The number of allylic oxidation sites excluding steroid dienone is 2. The number of carbonyl (C=O) groups excluding carboxylic acids is 2. The van der Waals surface area contributed by atoms with Gasteiger partial charge in [-0.25, -0.2) is 0 Å². The summed E-state index contributed by atoms with van der Waals surface area (Å²) in [6.45, 7) is 0.519. The smallest absolute Gasteiger partial charge is 0.242 e. The molecule has 6 heteroatoms. The van der Waals surface area contributed by atoms with Crippen molar-refractivity contribution < 1.29 is 14.7 Å². The van der Waals surface area contributed by atoms with Crippen LogP contribution in [0.2, 0.25) is 0 Å². The van der Waals surface area contributed by atoms with E-state index in [0.29, 0.717) is 6.54 Å². The summed E-state index contributed by atoms with van der Waals surface area (Å²) in [6.07, 6.45) is 9.41. The summed E-state index contributed by atoms with van der Waals surface area (Å²) in [5, 5.41) is 9.98. The zero-order valence-electron chi connectivity index (χ0n) is 17.5. The number of hydrogen-bond acceptors (Lipinski definition) is 4. The van der Waals surface area contributed by atoms with Crippen LogP contribution in [0.3, 0.4) is 0 Å². The zero-order chi connectivity index (χ0) is 21.4. The van der Waals surface area contributed by atoms with Gasteiger partial charge in [0.15, 0.2) is 0 Å². The van der Waals surface area contributed by atoms with Gasteiger partial charge >= 0.3 is 0 Å². The van der Waals surface area contributed by atoms with E-state index >= 15 is 0 Å².